The van der Waals surface area contributed by atoms with Crippen molar-refractivity contribution in [2.75, 3.05) is 18.0 Å². The number of ether oxygens (including phenoxy) is 1. The second-order valence-electron chi connectivity index (χ2n) is 5.84. The van der Waals surface area contributed by atoms with Crippen LogP contribution >= 0.6 is 0 Å². The van der Waals surface area contributed by atoms with Gasteiger partial charge in [-0.05, 0) is 34.9 Å². The molecular formula is C17H18N4O2. The average Bonchev–Trinajstić information content (AvgIpc) is 3.08. The van der Waals surface area contributed by atoms with E-state index in [1.165, 1.54) is 0 Å². The summed E-state index contributed by atoms with van der Waals surface area (Å²) in [6, 6.07) is 9.90. The van der Waals surface area contributed by atoms with Crippen molar-refractivity contribution in [3.8, 4) is 5.88 Å². The second kappa shape index (κ2) is 5.87. The molecule has 118 valence electrons. The molecular weight excluding hydrogens is 292 g/mol. The van der Waals surface area contributed by atoms with Gasteiger partial charge >= 0.3 is 0 Å². The minimum absolute atomic E-state index is 0.206. The molecule has 0 saturated carbocycles. The largest absolute Gasteiger partial charge is 0.474 e. The fraction of sp³-hybridized carbons (Fsp3) is 0.353. The van der Waals surface area contributed by atoms with Gasteiger partial charge in [0, 0.05) is 38.2 Å². The van der Waals surface area contributed by atoms with Gasteiger partial charge in [0.2, 0.25) is 5.88 Å². The lowest BCUT2D eigenvalue weighted by atomic mass is 10.1. The maximum atomic E-state index is 5.95. The highest BCUT2D eigenvalue weighted by Gasteiger charge is 2.23. The zero-order valence-corrected chi connectivity index (χ0v) is 13.0. The van der Waals surface area contributed by atoms with Crippen LogP contribution in [0.5, 0.6) is 5.88 Å². The molecule has 0 atom stereocenters. The topological polar surface area (TPSA) is 64.3 Å². The Balaban J connectivity index is 1.47. The number of aryl methyl sites for hydroxylation is 1. The lowest BCUT2D eigenvalue weighted by molar-refractivity contribution is 0.164. The maximum Gasteiger partial charge on any atom is 0.213 e. The minimum Gasteiger partial charge on any atom is -0.474 e. The van der Waals surface area contributed by atoms with Gasteiger partial charge < -0.3 is 9.64 Å². The van der Waals surface area contributed by atoms with Gasteiger partial charge in [-0.3, -0.25) is 0 Å². The number of pyridine rings is 1. The molecule has 0 radical (unpaired) electrons. The van der Waals surface area contributed by atoms with E-state index in [-0.39, 0.29) is 6.10 Å². The molecule has 1 fully saturated rings. The van der Waals surface area contributed by atoms with Crippen molar-refractivity contribution in [3.63, 3.8) is 0 Å². The van der Waals surface area contributed by atoms with E-state index in [1.807, 2.05) is 25.1 Å². The first kappa shape index (κ1) is 14.0. The summed E-state index contributed by atoms with van der Waals surface area (Å²) in [7, 11) is 0. The highest BCUT2D eigenvalue weighted by molar-refractivity contribution is 5.89. The predicted molar refractivity (Wildman–Crippen MR) is 86.6 cm³/mol. The van der Waals surface area contributed by atoms with Crippen molar-refractivity contribution in [1.29, 1.82) is 0 Å². The Morgan fingerprint density at radius 3 is 2.70 bits per heavy atom. The summed E-state index contributed by atoms with van der Waals surface area (Å²) < 4.78 is 10.9. The lowest BCUT2D eigenvalue weighted by Gasteiger charge is -2.33. The van der Waals surface area contributed by atoms with Gasteiger partial charge in [0.15, 0.2) is 5.52 Å². The van der Waals surface area contributed by atoms with Crippen LogP contribution in [0, 0.1) is 6.92 Å². The van der Waals surface area contributed by atoms with Crippen LogP contribution in [0.2, 0.25) is 0 Å². The third kappa shape index (κ3) is 2.72. The maximum absolute atomic E-state index is 5.95. The molecule has 0 aliphatic carbocycles. The number of rotatable bonds is 3. The van der Waals surface area contributed by atoms with E-state index in [0.717, 1.165) is 48.2 Å². The van der Waals surface area contributed by atoms with Crippen LogP contribution in [0.25, 0.3) is 11.0 Å². The first-order chi connectivity index (χ1) is 11.3. The third-order valence-electron chi connectivity index (χ3n) is 4.30. The first-order valence-corrected chi connectivity index (χ1v) is 7.86. The van der Waals surface area contributed by atoms with Crippen LogP contribution in [-0.2, 0) is 0 Å². The molecule has 0 bridgehead atoms. The lowest BCUT2D eigenvalue weighted by Crippen LogP contribution is -2.38. The van der Waals surface area contributed by atoms with Crippen molar-refractivity contribution in [1.82, 2.24) is 15.3 Å². The normalized spacial score (nSPS) is 16.0. The second-order valence-corrected chi connectivity index (χ2v) is 5.84. The molecule has 3 heterocycles. The van der Waals surface area contributed by atoms with E-state index in [4.69, 9.17) is 9.37 Å². The van der Waals surface area contributed by atoms with E-state index in [2.05, 4.69) is 32.3 Å². The van der Waals surface area contributed by atoms with E-state index in [1.54, 1.807) is 6.20 Å². The standard InChI is InChI=1S/C17H18N4O2/c1-12-5-6-14(17-16(12)19-23-20-17)21-10-7-13(8-11-21)22-15-4-2-3-9-18-15/h2-6,9,13H,7-8,10-11H2,1H3. The number of piperidine rings is 1. The van der Waals surface area contributed by atoms with E-state index in [0.29, 0.717) is 5.88 Å². The van der Waals surface area contributed by atoms with Crippen LogP contribution in [0.3, 0.4) is 0 Å². The Kier molecular flexibility index (Phi) is 3.57. The monoisotopic (exact) mass is 310 g/mol. The van der Waals surface area contributed by atoms with E-state index < -0.39 is 0 Å². The Hall–Kier alpha value is -2.63. The Labute approximate surface area is 134 Å². The Bertz CT molecular complexity index is 795. The minimum atomic E-state index is 0.206. The molecule has 1 saturated heterocycles. The summed E-state index contributed by atoms with van der Waals surface area (Å²) in [4.78, 5) is 6.55. The summed E-state index contributed by atoms with van der Waals surface area (Å²) in [5.41, 5.74) is 3.85. The molecule has 0 N–H and O–H groups in total. The van der Waals surface area contributed by atoms with Gasteiger partial charge in [0.25, 0.3) is 0 Å². The van der Waals surface area contributed by atoms with E-state index >= 15 is 0 Å². The summed E-state index contributed by atoms with van der Waals surface area (Å²) >= 11 is 0. The van der Waals surface area contributed by atoms with Crippen LogP contribution in [-0.4, -0.2) is 34.5 Å². The molecule has 1 aliphatic heterocycles. The molecule has 6 heteroatoms. The first-order valence-electron chi connectivity index (χ1n) is 7.86. The summed E-state index contributed by atoms with van der Waals surface area (Å²) in [6.45, 7) is 3.86. The summed E-state index contributed by atoms with van der Waals surface area (Å²) in [6.07, 6.45) is 3.87. The van der Waals surface area contributed by atoms with Crippen LogP contribution < -0.4 is 9.64 Å². The predicted octanol–water partition coefficient (Wildman–Crippen LogP) is 2.97. The Morgan fingerprint density at radius 2 is 1.91 bits per heavy atom. The molecule has 3 aromatic rings. The number of nitrogens with zero attached hydrogens (tertiary/aromatic N) is 4. The Morgan fingerprint density at radius 1 is 1.09 bits per heavy atom. The average molecular weight is 310 g/mol. The molecule has 1 aromatic carbocycles. The van der Waals surface area contributed by atoms with Crippen molar-refractivity contribution >= 4 is 16.7 Å². The highest BCUT2D eigenvalue weighted by atomic mass is 16.6. The van der Waals surface area contributed by atoms with Crippen molar-refractivity contribution in [3.05, 3.63) is 42.1 Å². The zero-order valence-electron chi connectivity index (χ0n) is 13.0. The smallest absolute Gasteiger partial charge is 0.213 e. The molecule has 4 rings (SSSR count). The quantitative estimate of drug-likeness (QED) is 0.741. The van der Waals surface area contributed by atoms with Crippen LogP contribution in [0.15, 0.2) is 41.2 Å². The number of anilines is 1. The summed E-state index contributed by atoms with van der Waals surface area (Å²) in [5, 5.41) is 8.07. The molecule has 0 unspecified atom stereocenters. The molecule has 0 spiro atoms. The van der Waals surface area contributed by atoms with Crippen LogP contribution in [0.4, 0.5) is 5.69 Å². The number of hydrogen-bond acceptors (Lipinski definition) is 6. The fourth-order valence-corrected chi connectivity index (χ4v) is 3.03. The molecule has 6 nitrogen and oxygen atoms in total. The SMILES string of the molecule is Cc1ccc(N2CCC(Oc3ccccn3)CC2)c2nonc12. The van der Waals surface area contributed by atoms with Crippen molar-refractivity contribution in [2.24, 2.45) is 0 Å². The van der Waals surface area contributed by atoms with Gasteiger partial charge in [-0.15, -0.1) is 0 Å². The van der Waals surface area contributed by atoms with Crippen LogP contribution in [0.1, 0.15) is 18.4 Å². The third-order valence-corrected chi connectivity index (χ3v) is 4.30. The van der Waals surface area contributed by atoms with Gasteiger partial charge in [-0.2, -0.15) is 0 Å². The molecule has 1 aliphatic rings. The molecule has 2 aromatic heterocycles. The van der Waals surface area contributed by atoms with Gasteiger partial charge in [-0.25, -0.2) is 9.61 Å². The fourth-order valence-electron chi connectivity index (χ4n) is 3.03. The number of fused-ring (bicyclic) bond motifs is 1. The van der Waals surface area contributed by atoms with Gasteiger partial charge in [-0.1, -0.05) is 12.1 Å². The van der Waals surface area contributed by atoms with Crippen molar-refractivity contribution < 1.29 is 9.37 Å². The molecule has 23 heavy (non-hydrogen) atoms. The van der Waals surface area contributed by atoms with E-state index in [9.17, 15) is 0 Å². The summed E-state index contributed by atoms with van der Waals surface area (Å²) in [5.74, 6) is 0.698. The number of hydrogen-bond donors (Lipinski definition) is 0. The number of benzene rings is 1. The number of aromatic nitrogens is 3. The highest BCUT2D eigenvalue weighted by Crippen LogP contribution is 2.29. The van der Waals surface area contributed by atoms with Gasteiger partial charge in [0.05, 0.1) is 5.69 Å². The van der Waals surface area contributed by atoms with Crippen molar-refractivity contribution in [2.45, 2.75) is 25.9 Å². The zero-order chi connectivity index (χ0) is 15.6. The molecule has 0 amide bonds. The van der Waals surface area contributed by atoms with Gasteiger partial charge in [0.1, 0.15) is 11.6 Å².